The fourth-order valence-electron chi connectivity index (χ4n) is 4.86. The molecular formula is C32H33F3N6O2S. The van der Waals surface area contributed by atoms with Crippen LogP contribution in [-0.2, 0) is 0 Å². The number of carbonyl (C=O) groups excluding carboxylic acids is 1. The SMILES string of the molecule is Cc1ccc(C(C)C)c(N2CCSC2=NC(=O)NCC(C)c2ccc(-c3ncn(-c4ccc(OC(F)(F)F)cc4)n3)cc2)c1. The molecule has 0 bridgehead atoms. The van der Waals surface area contributed by atoms with E-state index in [1.165, 1.54) is 46.4 Å². The van der Waals surface area contributed by atoms with Crippen molar-refractivity contribution in [3.8, 4) is 22.8 Å². The molecule has 8 nitrogen and oxygen atoms in total. The van der Waals surface area contributed by atoms with Crippen LogP contribution in [0.3, 0.4) is 0 Å². The van der Waals surface area contributed by atoms with E-state index in [9.17, 15) is 18.0 Å². The van der Waals surface area contributed by atoms with Gasteiger partial charge in [-0.25, -0.2) is 14.5 Å². The van der Waals surface area contributed by atoms with E-state index in [0.717, 1.165) is 29.1 Å². The topological polar surface area (TPSA) is 84.6 Å². The Balaban J connectivity index is 1.19. The maximum absolute atomic E-state index is 12.8. The molecule has 2 amide bonds. The molecule has 1 N–H and O–H groups in total. The highest BCUT2D eigenvalue weighted by atomic mass is 32.2. The number of ether oxygens (including phenoxy) is 1. The number of amides is 2. The minimum absolute atomic E-state index is 0.0350. The summed E-state index contributed by atoms with van der Waals surface area (Å²) in [5.41, 5.74) is 5.86. The third-order valence-electron chi connectivity index (χ3n) is 7.20. The Morgan fingerprint density at radius 3 is 2.48 bits per heavy atom. The predicted octanol–water partition coefficient (Wildman–Crippen LogP) is 7.69. The highest BCUT2D eigenvalue weighted by Crippen LogP contribution is 2.33. The summed E-state index contributed by atoms with van der Waals surface area (Å²) in [5.74, 6) is 1.42. The first-order valence-corrected chi connectivity index (χ1v) is 15.2. The zero-order chi connectivity index (χ0) is 31.4. The summed E-state index contributed by atoms with van der Waals surface area (Å²) >= 11 is 1.59. The molecule has 3 aromatic carbocycles. The monoisotopic (exact) mass is 622 g/mol. The molecule has 0 spiro atoms. The molecule has 230 valence electrons. The van der Waals surface area contributed by atoms with Crippen LogP contribution in [-0.4, -0.2) is 51.2 Å². The first kappa shape index (κ1) is 31.1. The average molecular weight is 623 g/mol. The van der Waals surface area contributed by atoms with Gasteiger partial charge in [-0.2, -0.15) is 4.99 Å². The van der Waals surface area contributed by atoms with E-state index in [1.807, 2.05) is 31.2 Å². The molecule has 0 radical (unpaired) electrons. The Morgan fingerprint density at radius 1 is 1.07 bits per heavy atom. The lowest BCUT2D eigenvalue weighted by atomic mass is 9.99. The van der Waals surface area contributed by atoms with Gasteiger partial charge in [0.1, 0.15) is 12.1 Å². The van der Waals surface area contributed by atoms with Gasteiger partial charge in [-0.1, -0.05) is 68.9 Å². The quantitative estimate of drug-likeness (QED) is 0.217. The van der Waals surface area contributed by atoms with Crippen molar-refractivity contribution >= 4 is 28.6 Å². The number of aryl methyl sites for hydroxylation is 1. The number of hydrogen-bond acceptors (Lipinski definition) is 5. The Kier molecular flexibility index (Phi) is 9.28. The Morgan fingerprint density at radius 2 is 1.80 bits per heavy atom. The number of nitrogens with one attached hydrogen (secondary N) is 1. The minimum atomic E-state index is -4.75. The Hall–Kier alpha value is -4.32. The number of nitrogens with zero attached hydrogens (tertiary/aromatic N) is 5. The number of alkyl halides is 3. The number of aromatic nitrogens is 3. The van der Waals surface area contributed by atoms with Gasteiger partial charge < -0.3 is 15.0 Å². The molecule has 0 aliphatic carbocycles. The van der Waals surface area contributed by atoms with Crippen molar-refractivity contribution in [2.24, 2.45) is 4.99 Å². The van der Waals surface area contributed by atoms with Gasteiger partial charge in [-0.05, 0) is 65.8 Å². The van der Waals surface area contributed by atoms with E-state index in [1.54, 1.807) is 11.8 Å². The van der Waals surface area contributed by atoms with Gasteiger partial charge in [0.05, 0.1) is 5.69 Å². The molecule has 1 unspecified atom stereocenters. The number of anilines is 1. The standard InChI is InChI=1S/C32H33F3N6O2S/c1-20(2)27-14-5-21(3)17-28(27)40-15-16-44-31(40)38-30(42)36-18-22(4)23-6-8-24(9-7-23)29-37-19-41(39-29)25-10-12-26(13-11-25)43-32(33,34)35/h5-14,17,19-20,22H,15-16,18H2,1-4H3,(H,36,42). The Bertz CT molecular complexity index is 1640. The van der Waals surface area contributed by atoms with Gasteiger partial charge in [-0.3, -0.25) is 0 Å². The van der Waals surface area contributed by atoms with Crippen molar-refractivity contribution in [2.75, 3.05) is 23.7 Å². The summed E-state index contributed by atoms with van der Waals surface area (Å²) in [4.78, 5) is 23.7. The van der Waals surface area contributed by atoms with Crippen molar-refractivity contribution < 1.29 is 22.7 Å². The molecule has 1 aliphatic heterocycles. The molecule has 1 saturated heterocycles. The van der Waals surface area contributed by atoms with Crippen molar-refractivity contribution in [3.63, 3.8) is 0 Å². The first-order chi connectivity index (χ1) is 21.0. The average Bonchev–Trinajstić information content (AvgIpc) is 3.66. The number of rotatable bonds is 8. The normalized spacial score (nSPS) is 15.2. The third kappa shape index (κ3) is 7.60. The maximum Gasteiger partial charge on any atom is 0.573 e. The van der Waals surface area contributed by atoms with Crippen LogP contribution in [0.2, 0.25) is 0 Å². The molecular weight excluding hydrogens is 589 g/mol. The van der Waals surface area contributed by atoms with Crippen LogP contribution >= 0.6 is 11.8 Å². The van der Waals surface area contributed by atoms with Gasteiger partial charge in [0.15, 0.2) is 11.0 Å². The molecule has 1 atom stereocenters. The molecule has 1 aromatic heterocycles. The van der Waals surface area contributed by atoms with Gasteiger partial charge in [-0.15, -0.1) is 18.3 Å². The zero-order valence-corrected chi connectivity index (χ0v) is 25.6. The zero-order valence-electron chi connectivity index (χ0n) is 24.8. The summed E-state index contributed by atoms with van der Waals surface area (Å²) in [7, 11) is 0. The van der Waals surface area contributed by atoms with E-state index in [0.29, 0.717) is 29.1 Å². The largest absolute Gasteiger partial charge is 0.573 e. The van der Waals surface area contributed by atoms with Gasteiger partial charge in [0.2, 0.25) is 0 Å². The lowest BCUT2D eigenvalue weighted by Crippen LogP contribution is -2.30. The number of hydrogen-bond donors (Lipinski definition) is 1. The molecule has 12 heteroatoms. The second kappa shape index (κ2) is 13.1. The highest BCUT2D eigenvalue weighted by molar-refractivity contribution is 8.14. The number of halogens is 3. The molecule has 1 fully saturated rings. The van der Waals surface area contributed by atoms with Crippen molar-refractivity contribution in [1.29, 1.82) is 0 Å². The molecule has 4 aromatic rings. The van der Waals surface area contributed by atoms with Crippen LogP contribution < -0.4 is 15.0 Å². The second-order valence-electron chi connectivity index (χ2n) is 10.9. The van der Waals surface area contributed by atoms with Crippen LogP contribution in [0.4, 0.5) is 23.7 Å². The van der Waals surface area contributed by atoms with Gasteiger partial charge >= 0.3 is 12.4 Å². The predicted molar refractivity (Wildman–Crippen MR) is 168 cm³/mol. The second-order valence-corrected chi connectivity index (χ2v) is 11.9. The molecule has 1 aliphatic rings. The summed E-state index contributed by atoms with van der Waals surface area (Å²) in [6.45, 7) is 9.66. The first-order valence-electron chi connectivity index (χ1n) is 14.2. The lowest BCUT2D eigenvalue weighted by molar-refractivity contribution is -0.274. The molecule has 2 heterocycles. The van der Waals surface area contributed by atoms with Crippen LogP contribution in [0, 0.1) is 6.92 Å². The molecule has 0 saturated carbocycles. The van der Waals surface area contributed by atoms with Crippen molar-refractivity contribution in [3.05, 3.63) is 89.7 Å². The summed E-state index contributed by atoms with van der Waals surface area (Å²) < 4.78 is 42.7. The van der Waals surface area contributed by atoms with Gasteiger partial charge in [0.25, 0.3) is 0 Å². The van der Waals surface area contributed by atoms with E-state index < -0.39 is 6.36 Å². The maximum atomic E-state index is 12.8. The summed E-state index contributed by atoms with van der Waals surface area (Å²) in [5, 5.41) is 8.11. The summed E-state index contributed by atoms with van der Waals surface area (Å²) in [6, 6.07) is 19.2. The Labute approximate surface area is 258 Å². The van der Waals surface area contributed by atoms with Crippen LogP contribution in [0.1, 0.15) is 49.3 Å². The number of aliphatic imine (C=N–C) groups is 1. The van der Waals surface area contributed by atoms with Crippen molar-refractivity contribution in [2.45, 2.75) is 45.9 Å². The summed E-state index contributed by atoms with van der Waals surface area (Å²) in [6.07, 6.45) is -3.25. The van der Waals surface area contributed by atoms with Crippen LogP contribution in [0.5, 0.6) is 5.75 Å². The molecule has 44 heavy (non-hydrogen) atoms. The lowest BCUT2D eigenvalue weighted by Gasteiger charge is -2.23. The van der Waals surface area contributed by atoms with Crippen LogP contribution in [0.25, 0.3) is 17.1 Å². The minimum Gasteiger partial charge on any atom is -0.406 e. The highest BCUT2D eigenvalue weighted by Gasteiger charge is 2.31. The number of benzene rings is 3. The van der Waals surface area contributed by atoms with E-state index in [-0.39, 0.29) is 17.7 Å². The number of urea groups is 1. The fourth-order valence-corrected chi connectivity index (χ4v) is 5.81. The number of amidine groups is 1. The van der Waals surface area contributed by atoms with Crippen LogP contribution in [0.15, 0.2) is 78.0 Å². The number of thioether (sulfide) groups is 1. The van der Waals surface area contributed by atoms with Gasteiger partial charge in [0, 0.05) is 30.1 Å². The van der Waals surface area contributed by atoms with Crippen molar-refractivity contribution in [1.82, 2.24) is 20.1 Å². The fraction of sp³-hybridized carbons (Fsp3) is 0.312. The van der Waals surface area contributed by atoms with E-state index in [2.05, 4.69) is 69.0 Å². The third-order valence-corrected chi connectivity index (χ3v) is 8.15. The van der Waals surface area contributed by atoms with E-state index >= 15 is 0 Å². The smallest absolute Gasteiger partial charge is 0.406 e. The van der Waals surface area contributed by atoms with E-state index in [4.69, 9.17) is 0 Å². The molecule has 5 rings (SSSR count). The number of carbonyl (C=O) groups is 1.